The monoisotopic (exact) mass is 304 g/mol. The Balaban J connectivity index is 1.95. The van der Waals surface area contributed by atoms with Crippen LogP contribution in [0.5, 0.6) is 0 Å². The average molecular weight is 304 g/mol. The first-order valence-corrected chi connectivity index (χ1v) is 7.92. The predicted molar refractivity (Wildman–Crippen MR) is 82.5 cm³/mol. The van der Waals surface area contributed by atoms with E-state index in [4.69, 9.17) is 0 Å². The van der Waals surface area contributed by atoms with Crippen molar-refractivity contribution in [3.05, 3.63) is 29.8 Å². The highest BCUT2D eigenvalue weighted by molar-refractivity contribution is 5.94. The van der Waals surface area contributed by atoms with Gasteiger partial charge in [-0.15, -0.1) is 0 Å². The van der Waals surface area contributed by atoms with Gasteiger partial charge in [0.15, 0.2) is 6.54 Å². The van der Waals surface area contributed by atoms with Crippen LogP contribution in [0.25, 0.3) is 0 Å². The van der Waals surface area contributed by atoms with Crippen molar-refractivity contribution in [3.63, 3.8) is 0 Å². The zero-order valence-electron chi connectivity index (χ0n) is 13.3. The summed E-state index contributed by atoms with van der Waals surface area (Å²) in [5.74, 6) is -1.21. The fourth-order valence-electron chi connectivity index (χ4n) is 3.05. The number of aryl methyl sites for hydroxylation is 1. The molecular weight excluding hydrogens is 280 g/mol. The van der Waals surface area contributed by atoms with Crippen LogP contribution in [-0.2, 0) is 9.59 Å². The minimum atomic E-state index is -0.958. The summed E-state index contributed by atoms with van der Waals surface area (Å²) in [4.78, 5) is 26.4. The molecule has 5 nitrogen and oxygen atoms in total. The second-order valence-electron chi connectivity index (χ2n) is 6.00. The van der Waals surface area contributed by atoms with E-state index in [0.29, 0.717) is 25.9 Å². The molecular formula is C17H24N2O3. The number of nitrogens with zero attached hydrogens (tertiary/aromatic N) is 1. The molecule has 1 aliphatic heterocycles. The van der Waals surface area contributed by atoms with E-state index < -0.39 is 5.97 Å². The Morgan fingerprint density at radius 3 is 2.55 bits per heavy atom. The number of likely N-dealkylation sites (tertiary alicyclic amines) is 1. The molecule has 0 aromatic heterocycles. The molecule has 1 N–H and O–H groups in total. The molecule has 0 radical (unpaired) electrons. The van der Waals surface area contributed by atoms with Crippen LogP contribution in [0.1, 0.15) is 25.3 Å². The number of carboxylic acids is 1. The van der Waals surface area contributed by atoms with Crippen LogP contribution in [0.4, 0.5) is 5.69 Å². The van der Waals surface area contributed by atoms with E-state index in [1.807, 2.05) is 38.1 Å². The van der Waals surface area contributed by atoms with Crippen molar-refractivity contribution in [2.24, 2.45) is 5.92 Å². The largest absolute Gasteiger partial charge is 0.550 e. The molecule has 1 fully saturated rings. The second-order valence-corrected chi connectivity index (χ2v) is 6.00. The Kier molecular flexibility index (Phi) is 5.55. The molecule has 0 atom stereocenters. The zero-order chi connectivity index (χ0) is 16.1. The number of quaternary nitrogens is 1. The van der Waals surface area contributed by atoms with E-state index in [2.05, 4.69) is 0 Å². The van der Waals surface area contributed by atoms with Gasteiger partial charge in [0.25, 0.3) is 5.91 Å². The number of likely N-dealkylation sites (N-methyl/N-ethyl adjacent to an activating group) is 1. The van der Waals surface area contributed by atoms with Crippen LogP contribution in [0.2, 0.25) is 0 Å². The number of carboxylic acid groups (broad SMARTS) is 1. The molecule has 0 spiro atoms. The number of benzene rings is 1. The summed E-state index contributed by atoms with van der Waals surface area (Å²) in [5.41, 5.74) is 2.06. The van der Waals surface area contributed by atoms with Gasteiger partial charge in [0, 0.05) is 37.0 Å². The molecule has 0 aliphatic carbocycles. The molecule has 1 aromatic carbocycles. The molecule has 22 heavy (non-hydrogen) atoms. The first-order valence-electron chi connectivity index (χ1n) is 7.92. The summed E-state index contributed by atoms with van der Waals surface area (Å²) < 4.78 is 0. The number of carbonyl (C=O) groups excluding carboxylic acids is 2. The van der Waals surface area contributed by atoms with Gasteiger partial charge in [0.05, 0.1) is 13.1 Å². The molecule has 1 amide bonds. The van der Waals surface area contributed by atoms with Crippen molar-refractivity contribution in [1.29, 1.82) is 0 Å². The van der Waals surface area contributed by atoms with Gasteiger partial charge >= 0.3 is 0 Å². The van der Waals surface area contributed by atoms with E-state index in [9.17, 15) is 14.7 Å². The van der Waals surface area contributed by atoms with Crippen LogP contribution in [0.3, 0.4) is 0 Å². The lowest BCUT2D eigenvalue weighted by Crippen LogP contribution is -3.14. The third kappa shape index (κ3) is 4.07. The van der Waals surface area contributed by atoms with E-state index in [1.165, 1.54) is 0 Å². The highest BCUT2D eigenvalue weighted by Crippen LogP contribution is 2.15. The number of hydrogen-bond donors (Lipinski definition) is 1. The third-order valence-corrected chi connectivity index (χ3v) is 4.36. The maximum absolute atomic E-state index is 12.5. The lowest BCUT2D eigenvalue weighted by atomic mass is 9.97. The number of anilines is 1. The number of amides is 1. The number of nitrogens with one attached hydrogen (secondary N) is 1. The number of aliphatic carboxylic acids is 1. The van der Waals surface area contributed by atoms with Crippen molar-refractivity contribution in [2.75, 3.05) is 31.1 Å². The first kappa shape index (κ1) is 16.5. The highest BCUT2D eigenvalue weighted by atomic mass is 16.4. The Morgan fingerprint density at radius 1 is 1.32 bits per heavy atom. The lowest BCUT2D eigenvalue weighted by Gasteiger charge is -2.31. The number of carbonyl (C=O) groups is 2. The molecule has 1 saturated heterocycles. The van der Waals surface area contributed by atoms with E-state index in [-0.39, 0.29) is 11.8 Å². The van der Waals surface area contributed by atoms with Gasteiger partial charge in [-0.1, -0.05) is 12.1 Å². The smallest absolute Gasteiger partial charge is 0.282 e. The number of hydrogen-bond acceptors (Lipinski definition) is 3. The SMILES string of the molecule is CCN(C(=O)C[NH+]1CCC(C(=O)[O-])CC1)c1cccc(C)c1. The summed E-state index contributed by atoms with van der Waals surface area (Å²) in [6.45, 7) is 6.47. The van der Waals surface area contributed by atoms with E-state index >= 15 is 0 Å². The molecule has 0 unspecified atom stereocenters. The Bertz CT molecular complexity index is 536. The molecule has 120 valence electrons. The van der Waals surface area contributed by atoms with Crippen LogP contribution >= 0.6 is 0 Å². The van der Waals surface area contributed by atoms with Crippen LogP contribution < -0.4 is 14.9 Å². The van der Waals surface area contributed by atoms with Crippen molar-refractivity contribution in [1.82, 2.24) is 0 Å². The quantitative estimate of drug-likeness (QED) is 0.789. The summed E-state index contributed by atoms with van der Waals surface area (Å²) >= 11 is 0. The zero-order valence-corrected chi connectivity index (χ0v) is 13.3. The summed E-state index contributed by atoms with van der Waals surface area (Å²) in [5, 5.41) is 10.9. The fraction of sp³-hybridized carbons (Fsp3) is 0.529. The standard InChI is InChI=1S/C17H24N2O3/c1-3-19(15-6-4-5-13(2)11-15)16(20)12-18-9-7-14(8-10-18)17(21)22/h4-6,11,14H,3,7-10,12H2,1-2H3,(H,21,22). The topological polar surface area (TPSA) is 64.9 Å². The maximum Gasteiger partial charge on any atom is 0.282 e. The van der Waals surface area contributed by atoms with Gasteiger partial charge in [0.2, 0.25) is 0 Å². The predicted octanol–water partition coefficient (Wildman–Crippen LogP) is -0.607. The first-order chi connectivity index (χ1) is 10.5. The Hall–Kier alpha value is -1.88. The van der Waals surface area contributed by atoms with Gasteiger partial charge in [-0.05, 0) is 31.5 Å². The minimum Gasteiger partial charge on any atom is -0.550 e. The average Bonchev–Trinajstić information content (AvgIpc) is 2.48. The van der Waals surface area contributed by atoms with Crippen LogP contribution in [0.15, 0.2) is 24.3 Å². The molecule has 0 saturated carbocycles. The van der Waals surface area contributed by atoms with Gasteiger partial charge in [-0.25, -0.2) is 0 Å². The van der Waals surface area contributed by atoms with Crippen molar-refractivity contribution >= 4 is 17.6 Å². The van der Waals surface area contributed by atoms with Gasteiger partial charge < -0.3 is 19.7 Å². The molecule has 1 aliphatic rings. The fourth-order valence-corrected chi connectivity index (χ4v) is 3.05. The van der Waals surface area contributed by atoms with Gasteiger partial charge in [0.1, 0.15) is 0 Å². The molecule has 0 bridgehead atoms. The van der Waals surface area contributed by atoms with Gasteiger partial charge in [-0.2, -0.15) is 0 Å². The summed E-state index contributed by atoms with van der Waals surface area (Å²) in [6, 6.07) is 7.93. The van der Waals surface area contributed by atoms with Crippen molar-refractivity contribution in [2.45, 2.75) is 26.7 Å². The Labute approximate surface area is 131 Å². The summed E-state index contributed by atoms with van der Waals surface area (Å²) in [7, 11) is 0. The lowest BCUT2D eigenvalue weighted by molar-refractivity contribution is -0.897. The number of rotatable bonds is 5. The summed E-state index contributed by atoms with van der Waals surface area (Å²) in [6.07, 6.45) is 1.20. The second kappa shape index (κ2) is 7.40. The Morgan fingerprint density at radius 2 is 2.00 bits per heavy atom. The molecule has 5 heteroatoms. The van der Waals surface area contributed by atoms with Crippen molar-refractivity contribution in [3.8, 4) is 0 Å². The van der Waals surface area contributed by atoms with Gasteiger partial charge in [-0.3, -0.25) is 4.79 Å². The minimum absolute atomic E-state index is 0.0926. The molecule has 1 aromatic rings. The van der Waals surface area contributed by atoms with E-state index in [1.54, 1.807) is 4.90 Å². The van der Waals surface area contributed by atoms with E-state index in [0.717, 1.165) is 29.2 Å². The molecule has 2 rings (SSSR count). The maximum atomic E-state index is 12.5. The van der Waals surface area contributed by atoms with Crippen molar-refractivity contribution < 1.29 is 19.6 Å². The molecule has 1 heterocycles. The third-order valence-electron chi connectivity index (χ3n) is 4.36. The number of piperidine rings is 1. The highest BCUT2D eigenvalue weighted by Gasteiger charge is 2.26. The van der Waals surface area contributed by atoms with Crippen LogP contribution in [-0.4, -0.2) is 38.1 Å². The van der Waals surface area contributed by atoms with Crippen LogP contribution in [0, 0.1) is 12.8 Å². The normalized spacial score (nSPS) is 21.4.